The van der Waals surface area contributed by atoms with Gasteiger partial charge in [0.2, 0.25) is 0 Å². The fraction of sp³-hybridized carbons (Fsp3) is 1.00. The summed E-state index contributed by atoms with van der Waals surface area (Å²) in [5.41, 5.74) is 0. The summed E-state index contributed by atoms with van der Waals surface area (Å²) < 4.78 is 11.5. The molecule has 0 aromatic carbocycles. The van der Waals surface area contributed by atoms with Gasteiger partial charge in [-0.3, -0.25) is 0 Å². The number of hydrogen-bond acceptors (Lipinski definition) is 3. The van der Waals surface area contributed by atoms with Crippen LogP contribution < -0.4 is 5.32 Å². The molecule has 1 aliphatic carbocycles. The van der Waals surface area contributed by atoms with Crippen molar-refractivity contribution >= 4 is 0 Å². The van der Waals surface area contributed by atoms with Gasteiger partial charge in [-0.2, -0.15) is 0 Å². The highest BCUT2D eigenvalue weighted by Gasteiger charge is 2.46. The molecule has 0 bridgehead atoms. The zero-order valence-electron chi connectivity index (χ0n) is 7.92. The molecule has 3 nitrogen and oxygen atoms in total. The Balaban J connectivity index is 1.73. The van der Waals surface area contributed by atoms with Crippen molar-refractivity contribution in [1.82, 2.24) is 5.32 Å². The minimum Gasteiger partial charge on any atom is -0.348 e. The Hall–Kier alpha value is -0.120. The molecule has 3 aliphatic rings. The van der Waals surface area contributed by atoms with Crippen molar-refractivity contribution in [3.63, 3.8) is 0 Å². The topological polar surface area (TPSA) is 30.5 Å². The molecule has 0 aromatic rings. The normalized spacial score (nSPS) is 42.5. The van der Waals surface area contributed by atoms with Crippen molar-refractivity contribution in [3.05, 3.63) is 0 Å². The highest BCUT2D eigenvalue weighted by atomic mass is 16.7. The van der Waals surface area contributed by atoms with Crippen molar-refractivity contribution < 1.29 is 9.47 Å². The predicted molar refractivity (Wildman–Crippen MR) is 48.4 cm³/mol. The third kappa shape index (κ3) is 1.30. The number of rotatable bonds is 0. The van der Waals surface area contributed by atoms with Crippen LogP contribution in [0.25, 0.3) is 0 Å². The van der Waals surface area contributed by atoms with Crippen LogP contribution >= 0.6 is 0 Å². The Bertz CT molecular complexity index is 201. The van der Waals surface area contributed by atoms with Gasteiger partial charge in [0.05, 0.1) is 13.2 Å². The van der Waals surface area contributed by atoms with E-state index in [1.165, 1.54) is 19.4 Å². The van der Waals surface area contributed by atoms with E-state index in [-0.39, 0.29) is 5.79 Å². The molecule has 0 amide bonds. The fourth-order valence-corrected chi connectivity index (χ4v) is 3.04. The lowest BCUT2D eigenvalue weighted by Gasteiger charge is -2.37. The fourth-order valence-electron chi connectivity index (χ4n) is 3.04. The first-order valence-electron chi connectivity index (χ1n) is 5.39. The Morgan fingerprint density at radius 2 is 2.00 bits per heavy atom. The van der Waals surface area contributed by atoms with E-state index in [1.807, 2.05) is 0 Å². The molecule has 0 radical (unpaired) electrons. The standard InChI is InChI=1S/C10H17NO2/c1-3-10(12-5-6-13-10)7-8-2-4-11-9(1)8/h8-9,11H,1-7H2. The van der Waals surface area contributed by atoms with Crippen LogP contribution in [-0.4, -0.2) is 31.6 Å². The summed E-state index contributed by atoms with van der Waals surface area (Å²) >= 11 is 0. The van der Waals surface area contributed by atoms with Crippen LogP contribution in [0.4, 0.5) is 0 Å². The smallest absolute Gasteiger partial charge is 0.168 e. The van der Waals surface area contributed by atoms with Gasteiger partial charge >= 0.3 is 0 Å². The summed E-state index contributed by atoms with van der Waals surface area (Å²) in [5, 5.41) is 3.55. The van der Waals surface area contributed by atoms with Crippen LogP contribution in [0.2, 0.25) is 0 Å². The summed E-state index contributed by atoms with van der Waals surface area (Å²) in [7, 11) is 0. The van der Waals surface area contributed by atoms with Gasteiger partial charge in [-0.05, 0) is 25.3 Å². The van der Waals surface area contributed by atoms with E-state index in [0.717, 1.165) is 38.0 Å². The van der Waals surface area contributed by atoms with E-state index in [0.29, 0.717) is 0 Å². The van der Waals surface area contributed by atoms with E-state index in [4.69, 9.17) is 9.47 Å². The quantitative estimate of drug-likeness (QED) is 0.605. The summed E-state index contributed by atoms with van der Waals surface area (Å²) in [6, 6.07) is 0.749. The van der Waals surface area contributed by atoms with Crippen molar-refractivity contribution in [3.8, 4) is 0 Å². The summed E-state index contributed by atoms with van der Waals surface area (Å²) in [6.07, 6.45) is 4.73. The lowest BCUT2D eigenvalue weighted by Crippen LogP contribution is -2.43. The zero-order chi connectivity index (χ0) is 8.73. The molecule has 2 aliphatic heterocycles. The minimum absolute atomic E-state index is 0.173. The van der Waals surface area contributed by atoms with Gasteiger partial charge in [-0.15, -0.1) is 0 Å². The first-order valence-corrected chi connectivity index (χ1v) is 5.39. The maximum atomic E-state index is 5.74. The Labute approximate surface area is 78.8 Å². The molecule has 0 aromatic heterocycles. The van der Waals surface area contributed by atoms with E-state index >= 15 is 0 Å². The lowest BCUT2D eigenvalue weighted by atomic mass is 9.81. The second-order valence-corrected chi connectivity index (χ2v) is 4.46. The van der Waals surface area contributed by atoms with Gasteiger partial charge in [-0.1, -0.05) is 0 Å². The second kappa shape index (κ2) is 2.94. The number of hydrogen-bond donors (Lipinski definition) is 1. The molecular formula is C10H17NO2. The SMILES string of the molecule is C1CC2CC3(CCC2N1)OCCO3. The Morgan fingerprint density at radius 3 is 2.85 bits per heavy atom. The molecule has 2 saturated heterocycles. The van der Waals surface area contributed by atoms with Gasteiger partial charge in [-0.25, -0.2) is 0 Å². The van der Waals surface area contributed by atoms with Gasteiger partial charge in [0.1, 0.15) is 0 Å². The third-order valence-corrected chi connectivity index (χ3v) is 3.71. The average Bonchev–Trinajstić information content (AvgIpc) is 2.74. The molecular weight excluding hydrogens is 166 g/mol. The number of fused-ring (bicyclic) bond motifs is 1. The molecule has 3 rings (SSSR count). The number of nitrogens with one attached hydrogen (secondary N) is 1. The van der Waals surface area contributed by atoms with E-state index in [2.05, 4.69) is 5.32 Å². The third-order valence-electron chi connectivity index (χ3n) is 3.71. The minimum atomic E-state index is -0.173. The molecule has 3 fully saturated rings. The molecule has 74 valence electrons. The van der Waals surface area contributed by atoms with E-state index < -0.39 is 0 Å². The Kier molecular flexibility index (Phi) is 1.86. The van der Waals surface area contributed by atoms with Crippen molar-refractivity contribution in [2.45, 2.75) is 37.5 Å². The van der Waals surface area contributed by atoms with Crippen LogP contribution in [0, 0.1) is 5.92 Å². The van der Waals surface area contributed by atoms with Crippen LogP contribution in [-0.2, 0) is 9.47 Å². The molecule has 1 N–H and O–H groups in total. The van der Waals surface area contributed by atoms with Crippen molar-refractivity contribution in [2.75, 3.05) is 19.8 Å². The van der Waals surface area contributed by atoms with Gasteiger partial charge in [0.15, 0.2) is 5.79 Å². The van der Waals surface area contributed by atoms with Gasteiger partial charge < -0.3 is 14.8 Å². The maximum absolute atomic E-state index is 5.74. The van der Waals surface area contributed by atoms with Crippen LogP contribution in [0.1, 0.15) is 25.7 Å². The lowest BCUT2D eigenvalue weighted by molar-refractivity contribution is -0.188. The van der Waals surface area contributed by atoms with Crippen molar-refractivity contribution in [2.24, 2.45) is 5.92 Å². The summed E-state index contributed by atoms with van der Waals surface area (Å²) in [5.74, 6) is 0.625. The average molecular weight is 183 g/mol. The zero-order valence-corrected chi connectivity index (χ0v) is 7.92. The van der Waals surface area contributed by atoms with Crippen LogP contribution in [0.15, 0.2) is 0 Å². The largest absolute Gasteiger partial charge is 0.348 e. The van der Waals surface area contributed by atoms with E-state index in [1.54, 1.807) is 0 Å². The molecule has 2 unspecified atom stereocenters. The first-order chi connectivity index (χ1) is 6.38. The molecule has 3 heteroatoms. The molecule has 13 heavy (non-hydrogen) atoms. The summed E-state index contributed by atoms with van der Waals surface area (Å²) in [6.45, 7) is 2.78. The second-order valence-electron chi connectivity index (χ2n) is 4.46. The Morgan fingerprint density at radius 1 is 1.15 bits per heavy atom. The van der Waals surface area contributed by atoms with Gasteiger partial charge in [0.25, 0.3) is 0 Å². The number of ether oxygens (including phenoxy) is 2. The van der Waals surface area contributed by atoms with Gasteiger partial charge in [0, 0.05) is 18.9 Å². The maximum Gasteiger partial charge on any atom is 0.168 e. The highest BCUT2D eigenvalue weighted by Crippen LogP contribution is 2.41. The highest BCUT2D eigenvalue weighted by molar-refractivity contribution is 4.94. The van der Waals surface area contributed by atoms with E-state index in [9.17, 15) is 0 Å². The molecule has 1 saturated carbocycles. The molecule has 2 atom stereocenters. The van der Waals surface area contributed by atoms with Crippen LogP contribution in [0.5, 0.6) is 0 Å². The molecule has 2 heterocycles. The van der Waals surface area contributed by atoms with Crippen LogP contribution in [0.3, 0.4) is 0 Å². The molecule has 1 spiro atoms. The summed E-state index contributed by atoms with van der Waals surface area (Å²) in [4.78, 5) is 0. The predicted octanol–water partition coefficient (Wildman–Crippen LogP) is 0.891. The van der Waals surface area contributed by atoms with Crippen molar-refractivity contribution in [1.29, 1.82) is 0 Å². The first kappa shape index (κ1) is 8.21. The monoisotopic (exact) mass is 183 g/mol.